The third kappa shape index (κ3) is 3.19. The average molecular weight is 258 g/mol. The van der Waals surface area contributed by atoms with Crippen molar-refractivity contribution in [3.8, 4) is 0 Å². The molecule has 0 atom stereocenters. The van der Waals surface area contributed by atoms with Gasteiger partial charge in [0.05, 0.1) is 6.20 Å². The van der Waals surface area contributed by atoms with E-state index in [4.69, 9.17) is 0 Å². The number of anilines is 2. The lowest BCUT2D eigenvalue weighted by molar-refractivity contribution is -0.114. The van der Waals surface area contributed by atoms with Gasteiger partial charge in [0, 0.05) is 23.7 Å². The van der Waals surface area contributed by atoms with Gasteiger partial charge < -0.3 is 10.6 Å². The van der Waals surface area contributed by atoms with Crippen molar-refractivity contribution in [2.75, 3.05) is 10.6 Å². The number of hydrogen-bond donors (Lipinski definition) is 3. The molecule has 1 aromatic heterocycles. The summed E-state index contributed by atoms with van der Waals surface area (Å²) in [5.74, 6) is 0.197. The summed E-state index contributed by atoms with van der Waals surface area (Å²) in [5.41, 5.74) is 2.02. The lowest BCUT2D eigenvalue weighted by Gasteiger charge is -2.05. The fraction of sp³-hybridized carbons (Fsp3) is 0.154. The van der Waals surface area contributed by atoms with Crippen LogP contribution in [0, 0.1) is 6.92 Å². The molecule has 19 heavy (non-hydrogen) atoms. The van der Waals surface area contributed by atoms with E-state index in [2.05, 4.69) is 20.8 Å². The Bertz CT molecular complexity index is 601. The number of rotatable bonds is 3. The highest BCUT2D eigenvalue weighted by atomic mass is 16.2. The van der Waals surface area contributed by atoms with Crippen LogP contribution < -0.4 is 10.6 Å². The number of nitrogens with one attached hydrogen (secondary N) is 3. The molecule has 98 valence electrons. The molecular weight excluding hydrogens is 244 g/mol. The normalized spacial score (nSPS) is 10.0. The molecule has 0 saturated carbocycles. The summed E-state index contributed by atoms with van der Waals surface area (Å²) in [4.78, 5) is 22.8. The van der Waals surface area contributed by atoms with E-state index >= 15 is 0 Å². The van der Waals surface area contributed by atoms with E-state index in [1.165, 1.54) is 6.92 Å². The number of aromatic amines is 1. The first-order valence-electron chi connectivity index (χ1n) is 5.75. The first-order chi connectivity index (χ1) is 9.06. The van der Waals surface area contributed by atoms with Gasteiger partial charge in [-0.3, -0.25) is 14.7 Å². The highest BCUT2D eigenvalue weighted by Gasteiger charge is 2.08. The molecule has 6 nitrogen and oxygen atoms in total. The van der Waals surface area contributed by atoms with Gasteiger partial charge in [0.2, 0.25) is 5.91 Å². The quantitative estimate of drug-likeness (QED) is 0.786. The highest BCUT2D eigenvalue weighted by molar-refractivity contribution is 6.04. The van der Waals surface area contributed by atoms with Crippen molar-refractivity contribution in [1.82, 2.24) is 10.2 Å². The molecule has 0 fully saturated rings. The lowest BCUT2D eigenvalue weighted by Crippen LogP contribution is -2.13. The molecule has 2 rings (SSSR count). The zero-order chi connectivity index (χ0) is 13.8. The number of H-pyrrole nitrogens is 1. The molecule has 2 amide bonds. The molecule has 0 unspecified atom stereocenters. The predicted octanol–water partition coefficient (Wildman–Crippen LogP) is 1.93. The Morgan fingerprint density at radius 1 is 1.16 bits per heavy atom. The van der Waals surface area contributed by atoms with Crippen molar-refractivity contribution in [1.29, 1.82) is 0 Å². The van der Waals surface area contributed by atoms with Gasteiger partial charge in [-0.2, -0.15) is 5.10 Å². The second-order valence-electron chi connectivity index (χ2n) is 4.14. The van der Waals surface area contributed by atoms with Crippen LogP contribution in [0.1, 0.15) is 22.8 Å². The largest absolute Gasteiger partial charge is 0.326 e. The molecule has 0 aliphatic rings. The molecule has 0 aliphatic carbocycles. The molecule has 0 spiro atoms. The van der Waals surface area contributed by atoms with Crippen molar-refractivity contribution in [2.24, 2.45) is 0 Å². The van der Waals surface area contributed by atoms with Crippen LogP contribution in [0.25, 0.3) is 0 Å². The van der Waals surface area contributed by atoms with Crippen LogP contribution in [-0.2, 0) is 4.79 Å². The Morgan fingerprint density at radius 2 is 1.84 bits per heavy atom. The third-order valence-corrected chi connectivity index (χ3v) is 2.53. The van der Waals surface area contributed by atoms with Crippen molar-refractivity contribution in [2.45, 2.75) is 13.8 Å². The predicted molar refractivity (Wildman–Crippen MR) is 72.0 cm³/mol. The summed E-state index contributed by atoms with van der Waals surface area (Å²) >= 11 is 0. The van der Waals surface area contributed by atoms with Gasteiger partial charge in [-0.05, 0) is 31.2 Å². The molecule has 1 heterocycles. The van der Waals surface area contributed by atoms with Crippen LogP contribution in [0.4, 0.5) is 11.5 Å². The SMILES string of the molecule is CC(=O)Nc1ccc(C(=O)Nc2[nH]ncc2C)cc1. The van der Waals surface area contributed by atoms with Crippen molar-refractivity contribution >= 4 is 23.3 Å². The minimum atomic E-state index is -0.235. The topological polar surface area (TPSA) is 86.9 Å². The number of benzene rings is 1. The lowest BCUT2D eigenvalue weighted by atomic mass is 10.2. The van der Waals surface area contributed by atoms with Gasteiger partial charge in [0.25, 0.3) is 5.91 Å². The molecule has 1 aromatic carbocycles. The van der Waals surface area contributed by atoms with Crippen LogP contribution in [0.2, 0.25) is 0 Å². The van der Waals surface area contributed by atoms with Gasteiger partial charge in [-0.25, -0.2) is 0 Å². The van der Waals surface area contributed by atoms with E-state index in [0.717, 1.165) is 5.56 Å². The zero-order valence-corrected chi connectivity index (χ0v) is 10.7. The van der Waals surface area contributed by atoms with Gasteiger partial charge in [0.1, 0.15) is 5.82 Å². The summed E-state index contributed by atoms with van der Waals surface area (Å²) in [6, 6.07) is 6.64. The molecule has 0 radical (unpaired) electrons. The second kappa shape index (κ2) is 5.34. The van der Waals surface area contributed by atoms with Crippen molar-refractivity contribution in [3.05, 3.63) is 41.6 Å². The first-order valence-corrected chi connectivity index (χ1v) is 5.75. The van der Waals surface area contributed by atoms with Crippen LogP contribution >= 0.6 is 0 Å². The van der Waals surface area contributed by atoms with Crippen molar-refractivity contribution in [3.63, 3.8) is 0 Å². The minimum absolute atomic E-state index is 0.148. The van der Waals surface area contributed by atoms with Gasteiger partial charge >= 0.3 is 0 Å². The average Bonchev–Trinajstić information content (AvgIpc) is 2.75. The molecule has 2 aromatic rings. The first kappa shape index (κ1) is 12.8. The summed E-state index contributed by atoms with van der Waals surface area (Å²) in [6.07, 6.45) is 1.63. The number of amides is 2. The molecule has 6 heteroatoms. The molecular formula is C13H14N4O2. The van der Waals surface area contributed by atoms with E-state index in [1.807, 2.05) is 6.92 Å². The number of carbonyl (C=O) groups is 2. The monoisotopic (exact) mass is 258 g/mol. The van der Waals surface area contributed by atoms with Gasteiger partial charge in [-0.15, -0.1) is 0 Å². The molecule has 3 N–H and O–H groups in total. The Morgan fingerprint density at radius 3 is 2.37 bits per heavy atom. The Labute approximate surface area is 110 Å². The smallest absolute Gasteiger partial charge is 0.256 e. The second-order valence-corrected chi connectivity index (χ2v) is 4.14. The fourth-order valence-corrected chi connectivity index (χ4v) is 1.57. The molecule has 0 aliphatic heterocycles. The number of carbonyl (C=O) groups excluding carboxylic acids is 2. The standard InChI is InChI=1S/C13H14N4O2/c1-8-7-14-17-12(8)16-13(19)10-3-5-11(6-4-10)15-9(2)18/h3-7H,1-2H3,(H,15,18)(H2,14,16,17,19). The number of nitrogens with zero attached hydrogens (tertiary/aromatic N) is 1. The van der Waals surface area contributed by atoms with Gasteiger partial charge in [-0.1, -0.05) is 0 Å². The van der Waals surface area contributed by atoms with E-state index in [9.17, 15) is 9.59 Å². The third-order valence-electron chi connectivity index (χ3n) is 2.53. The summed E-state index contributed by atoms with van der Waals surface area (Å²) < 4.78 is 0. The zero-order valence-electron chi connectivity index (χ0n) is 10.7. The maximum atomic E-state index is 12.0. The van der Waals surface area contributed by atoms with Crippen LogP contribution in [0.5, 0.6) is 0 Å². The maximum Gasteiger partial charge on any atom is 0.256 e. The highest BCUT2D eigenvalue weighted by Crippen LogP contribution is 2.13. The van der Waals surface area contributed by atoms with E-state index in [-0.39, 0.29) is 11.8 Å². The Balaban J connectivity index is 2.07. The van der Waals surface area contributed by atoms with Crippen molar-refractivity contribution < 1.29 is 9.59 Å². The number of hydrogen-bond acceptors (Lipinski definition) is 3. The van der Waals surface area contributed by atoms with E-state index < -0.39 is 0 Å². The fourth-order valence-electron chi connectivity index (χ4n) is 1.57. The van der Waals surface area contributed by atoms with Crippen LogP contribution in [-0.4, -0.2) is 22.0 Å². The summed E-state index contributed by atoms with van der Waals surface area (Å²) in [5, 5.41) is 11.9. The molecule has 0 bridgehead atoms. The van der Waals surface area contributed by atoms with E-state index in [1.54, 1.807) is 30.5 Å². The summed E-state index contributed by atoms with van der Waals surface area (Å²) in [7, 11) is 0. The van der Waals surface area contributed by atoms with E-state index in [0.29, 0.717) is 17.1 Å². The summed E-state index contributed by atoms with van der Waals surface area (Å²) in [6.45, 7) is 3.28. The molecule has 0 saturated heterocycles. The number of aryl methyl sites for hydroxylation is 1. The maximum absolute atomic E-state index is 12.0. The van der Waals surface area contributed by atoms with Crippen LogP contribution in [0.15, 0.2) is 30.5 Å². The minimum Gasteiger partial charge on any atom is -0.326 e. The van der Waals surface area contributed by atoms with Crippen LogP contribution in [0.3, 0.4) is 0 Å². The Hall–Kier alpha value is -2.63. The number of aromatic nitrogens is 2. The van der Waals surface area contributed by atoms with Gasteiger partial charge in [0.15, 0.2) is 0 Å². The Kier molecular flexibility index (Phi) is 3.61.